The van der Waals surface area contributed by atoms with Crippen LogP contribution in [0, 0.1) is 5.92 Å². The first-order chi connectivity index (χ1) is 7.45. The largest absolute Gasteiger partial charge is 0.299 e. The molecule has 0 aliphatic rings. The summed E-state index contributed by atoms with van der Waals surface area (Å²) in [5.41, 5.74) is 1.71. The second-order valence-corrected chi connectivity index (χ2v) is 4.88. The molecule has 0 radical (unpaired) electrons. The number of halogens is 1. The fraction of sp³-hybridized carbons (Fsp3) is 0.667. The minimum Gasteiger partial charge on any atom is -0.299 e. The van der Waals surface area contributed by atoms with Crippen LogP contribution < -0.4 is 0 Å². The van der Waals surface area contributed by atoms with Gasteiger partial charge in [0.15, 0.2) is 0 Å². The van der Waals surface area contributed by atoms with E-state index >= 15 is 0 Å². The zero-order chi connectivity index (χ0) is 12.3. The molecule has 1 aromatic rings. The highest BCUT2D eigenvalue weighted by atomic mass is 35.5. The van der Waals surface area contributed by atoms with Crippen molar-refractivity contribution in [2.24, 2.45) is 13.0 Å². The van der Waals surface area contributed by atoms with Gasteiger partial charge >= 0.3 is 0 Å². The molecule has 4 heteroatoms. The predicted octanol–water partition coefficient (Wildman–Crippen LogP) is 2.79. The van der Waals surface area contributed by atoms with Gasteiger partial charge in [0.1, 0.15) is 5.78 Å². The van der Waals surface area contributed by atoms with Crippen molar-refractivity contribution in [3.63, 3.8) is 0 Å². The third-order valence-electron chi connectivity index (χ3n) is 2.50. The molecule has 1 heterocycles. The Morgan fingerprint density at radius 3 is 2.56 bits per heavy atom. The normalized spacial score (nSPS) is 11.1. The fourth-order valence-corrected chi connectivity index (χ4v) is 2.09. The Morgan fingerprint density at radius 2 is 2.12 bits per heavy atom. The number of Topliss-reactive ketones (excluding diaryl/α,β-unsaturated/α-hetero) is 1. The molecule has 0 amide bonds. The average Bonchev–Trinajstić information content (AvgIpc) is 2.44. The summed E-state index contributed by atoms with van der Waals surface area (Å²) in [6, 6.07) is 0. The van der Waals surface area contributed by atoms with E-state index in [9.17, 15) is 4.79 Å². The molecule has 1 rings (SSSR count). The van der Waals surface area contributed by atoms with E-state index in [0.29, 0.717) is 23.8 Å². The molecular formula is C12H19ClN2O. The lowest BCUT2D eigenvalue weighted by atomic mass is 10.0. The topological polar surface area (TPSA) is 34.9 Å². The van der Waals surface area contributed by atoms with Crippen molar-refractivity contribution in [2.75, 3.05) is 0 Å². The molecule has 1 aromatic heterocycles. The van der Waals surface area contributed by atoms with E-state index in [1.807, 2.05) is 27.8 Å². The van der Waals surface area contributed by atoms with Gasteiger partial charge in [-0.05, 0) is 12.3 Å². The number of aromatic nitrogens is 2. The van der Waals surface area contributed by atoms with Crippen molar-refractivity contribution < 1.29 is 4.79 Å². The van der Waals surface area contributed by atoms with E-state index in [-0.39, 0.29) is 5.78 Å². The summed E-state index contributed by atoms with van der Waals surface area (Å²) in [4.78, 5) is 11.7. The standard InChI is InChI=1S/C12H19ClN2O/c1-5-10-12(13)11(15(4)14-10)7-9(16)6-8(2)3/h8H,5-7H2,1-4H3. The molecule has 0 aromatic carbocycles. The van der Waals surface area contributed by atoms with E-state index in [4.69, 9.17) is 11.6 Å². The van der Waals surface area contributed by atoms with Gasteiger partial charge in [-0.3, -0.25) is 9.48 Å². The number of ketones is 1. The molecule has 90 valence electrons. The summed E-state index contributed by atoms with van der Waals surface area (Å²) in [5.74, 6) is 0.618. The van der Waals surface area contributed by atoms with Gasteiger partial charge < -0.3 is 0 Å². The summed E-state index contributed by atoms with van der Waals surface area (Å²) in [5, 5.41) is 4.95. The van der Waals surface area contributed by atoms with E-state index < -0.39 is 0 Å². The first kappa shape index (κ1) is 13.2. The quantitative estimate of drug-likeness (QED) is 0.796. The Morgan fingerprint density at radius 1 is 1.50 bits per heavy atom. The van der Waals surface area contributed by atoms with Gasteiger partial charge in [0, 0.05) is 19.9 Å². The van der Waals surface area contributed by atoms with Crippen LogP contribution in [0.4, 0.5) is 0 Å². The van der Waals surface area contributed by atoms with E-state index in [2.05, 4.69) is 5.10 Å². The van der Waals surface area contributed by atoms with Gasteiger partial charge in [-0.2, -0.15) is 5.10 Å². The van der Waals surface area contributed by atoms with Crippen LogP contribution in [0.5, 0.6) is 0 Å². The highest BCUT2D eigenvalue weighted by Crippen LogP contribution is 2.22. The van der Waals surface area contributed by atoms with Gasteiger partial charge in [0.2, 0.25) is 0 Å². The number of carbonyl (C=O) groups excluding carboxylic acids is 1. The molecule has 0 N–H and O–H groups in total. The van der Waals surface area contributed by atoms with Gasteiger partial charge in [0.25, 0.3) is 0 Å². The lowest BCUT2D eigenvalue weighted by Crippen LogP contribution is -2.10. The third-order valence-corrected chi connectivity index (χ3v) is 2.94. The summed E-state index contributed by atoms with van der Waals surface area (Å²) >= 11 is 6.17. The van der Waals surface area contributed by atoms with Crippen LogP contribution in [0.15, 0.2) is 0 Å². The zero-order valence-electron chi connectivity index (χ0n) is 10.4. The second-order valence-electron chi connectivity index (χ2n) is 4.50. The monoisotopic (exact) mass is 242 g/mol. The minimum atomic E-state index is 0.225. The smallest absolute Gasteiger partial charge is 0.139 e. The summed E-state index contributed by atoms with van der Waals surface area (Å²) < 4.78 is 1.72. The Hall–Kier alpha value is -0.830. The SMILES string of the molecule is CCc1nn(C)c(CC(=O)CC(C)C)c1Cl. The van der Waals surface area contributed by atoms with E-state index in [1.54, 1.807) is 4.68 Å². The van der Waals surface area contributed by atoms with Crippen LogP contribution in [0.3, 0.4) is 0 Å². The van der Waals surface area contributed by atoms with Crippen LogP contribution in [0.2, 0.25) is 5.02 Å². The number of hydrogen-bond acceptors (Lipinski definition) is 2. The minimum absolute atomic E-state index is 0.225. The van der Waals surface area contributed by atoms with Crippen LogP contribution in [-0.4, -0.2) is 15.6 Å². The highest BCUT2D eigenvalue weighted by molar-refractivity contribution is 6.32. The van der Waals surface area contributed by atoms with Crippen molar-refractivity contribution in [3.8, 4) is 0 Å². The Bertz CT molecular complexity index is 383. The van der Waals surface area contributed by atoms with Crippen LogP contribution >= 0.6 is 11.6 Å². The van der Waals surface area contributed by atoms with Crippen molar-refractivity contribution >= 4 is 17.4 Å². The van der Waals surface area contributed by atoms with Crippen molar-refractivity contribution in [1.82, 2.24) is 9.78 Å². The van der Waals surface area contributed by atoms with Gasteiger partial charge in [-0.25, -0.2) is 0 Å². The maximum Gasteiger partial charge on any atom is 0.139 e. The zero-order valence-corrected chi connectivity index (χ0v) is 11.1. The van der Waals surface area contributed by atoms with Crippen LogP contribution in [-0.2, 0) is 24.7 Å². The van der Waals surface area contributed by atoms with Crippen LogP contribution in [0.1, 0.15) is 38.6 Å². The number of aryl methyl sites for hydroxylation is 2. The molecule has 0 spiro atoms. The lowest BCUT2D eigenvalue weighted by molar-refractivity contribution is -0.119. The second kappa shape index (κ2) is 5.48. The first-order valence-electron chi connectivity index (χ1n) is 5.67. The Kier molecular flexibility index (Phi) is 4.54. The van der Waals surface area contributed by atoms with E-state index in [1.165, 1.54) is 0 Å². The van der Waals surface area contributed by atoms with Crippen molar-refractivity contribution in [2.45, 2.75) is 40.0 Å². The molecule has 0 saturated carbocycles. The first-order valence-corrected chi connectivity index (χ1v) is 6.05. The molecule has 0 atom stereocenters. The van der Waals surface area contributed by atoms with Crippen molar-refractivity contribution in [1.29, 1.82) is 0 Å². The Balaban J connectivity index is 2.81. The lowest BCUT2D eigenvalue weighted by Gasteiger charge is -2.04. The van der Waals surface area contributed by atoms with E-state index in [0.717, 1.165) is 17.8 Å². The fourth-order valence-electron chi connectivity index (χ4n) is 1.73. The summed E-state index contributed by atoms with van der Waals surface area (Å²) in [7, 11) is 1.84. The number of nitrogens with zero attached hydrogens (tertiary/aromatic N) is 2. The molecule has 0 aliphatic heterocycles. The maximum atomic E-state index is 11.7. The van der Waals surface area contributed by atoms with Crippen LogP contribution in [0.25, 0.3) is 0 Å². The molecule has 3 nitrogen and oxygen atoms in total. The average molecular weight is 243 g/mol. The van der Waals surface area contributed by atoms with Gasteiger partial charge in [-0.15, -0.1) is 0 Å². The number of carbonyl (C=O) groups is 1. The summed E-state index contributed by atoms with van der Waals surface area (Å²) in [6.07, 6.45) is 1.79. The number of hydrogen-bond donors (Lipinski definition) is 0. The third kappa shape index (κ3) is 3.08. The van der Waals surface area contributed by atoms with Gasteiger partial charge in [0.05, 0.1) is 16.4 Å². The number of rotatable bonds is 5. The molecule has 0 unspecified atom stereocenters. The molecule has 0 fully saturated rings. The highest BCUT2D eigenvalue weighted by Gasteiger charge is 2.16. The Labute approximate surface area is 102 Å². The van der Waals surface area contributed by atoms with Crippen molar-refractivity contribution in [3.05, 3.63) is 16.4 Å². The molecule has 0 saturated heterocycles. The molecule has 16 heavy (non-hydrogen) atoms. The maximum absolute atomic E-state index is 11.7. The molecule has 0 bridgehead atoms. The molecule has 0 aliphatic carbocycles. The molecular weight excluding hydrogens is 224 g/mol. The summed E-state index contributed by atoms with van der Waals surface area (Å²) in [6.45, 7) is 6.09. The van der Waals surface area contributed by atoms with Gasteiger partial charge in [-0.1, -0.05) is 32.4 Å². The predicted molar refractivity (Wildman–Crippen MR) is 65.8 cm³/mol.